The Morgan fingerprint density at radius 1 is 1.19 bits per heavy atom. The largest absolute Gasteiger partial charge is 0.484 e. The van der Waals surface area contributed by atoms with Crippen LogP contribution in [0.15, 0.2) is 30.3 Å². The summed E-state index contributed by atoms with van der Waals surface area (Å²) < 4.78 is 35.1. The maximum atomic E-state index is 11.7. The molecule has 0 bridgehead atoms. The van der Waals surface area contributed by atoms with E-state index in [1.54, 1.807) is 30.3 Å². The first kappa shape index (κ1) is 14.8. The third kappa shape index (κ3) is 6.29. The summed E-state index contributed by atoms with van der Waals surface area (Å²) >= 11 is 0. The van der Waals surface area contributed by atoms with E-state index in [1.807, 2.05) is 0 Å². The normalized spacial score (nSPS) is 10.4. The van der Waals surface area contributed by atoms with Gasteiger partial charge in [0.2, 0.25) is 5.91 Å². The molecule has 1 rings (SSSR count). The molecular weight excluding hydrogens is 243 g/mol. The molecule has 0 aliphatic rings. The number of carbonyl (C=O) groups excluding carboxylic acids is 1. The van der Waals surface area contributed by atoms with Crippen molar-refractivity contribution in [2.75, 3.05) is 0 Å². The van der Waals surface area contributed by atoms with Crippen molar-refractivity contribution < 1.29 is 18.0 Å². The monoisotopic (exact) mass is 253 g/mol. The van der Waals surface area contributed by atoms with Gasteiger partial charge < -0.3 is 0 Å². The molecule has 90 valence electrons. The zero-order valence-electron chi connectivity index (χ0n) is 8.25. The average Bonchev–Trinajstić information content (AvgIpc) is 2.14. The van der Waals surface area contributed by atoms with E-state index in [0.29, 0.717) is 6.42 Å². The number of alkyl halides is 3. The second-order valence-corrected chi connectivity index (χ2v) is 3.03. The quantitative estimate of drug-likeness (QED) is 0.825. The van der Waals surface area contributed by atoms with Gasteiger partial charge in [-0.25, -0.2) is 0 Å². The van der Waals surface area contributed by atoms with Crippen LogP contribution in [0.1, 0.15) is 12.0 Å². The van der Waals surface area contributed by atoms with Gasteiger partial charge in [0.15, 0.2) is 0 Å². The van der Waals surface area contributed by atoms with Gasteiger partial charge in [-0.3, -0.25) is 10.1 Å². The zero-order valence-corrected chi connectivity index (χ0v) is 9.07. The lowest BCUT2D eigenvalue weighted by atomic mass is 10.1. The molecule has 0 radical (unpaired) electrons. The van der Waals surface area contributed by atoms with E-state index < -0.39 is 12.2 Å². The Hall–Kier alpha value is -1.23. The van der Waals surface area contributed by atoms with Crippen molar-refractivity contribution >= 4 is 18.3 Å². The number of carbonyl (C=O) groups is 1. The molecule has 0 saturated carbocycles. The fourth-order valence-corrected chi connectivity index (χ4v) is 1.12. The van der Waals surface area contributed by atoms with Gasteiger partial charge in [-0.15, -0.1) is 12.4 Å². The fourth-order valence-electron chi connectivity index (χ4n) is 1.12. The predicted molar refractivity (Wildman–Crippen MR) is 56.2 cm³/mol. The van der Waals surface area contributed by atoms with Crippen LogP contribution in [-0.4, -0.2) is 12.2 Å². The lowest BCUT2D eigenvalue weighted by molar-refractivity contribution is -0.169. The first-order valence-corrected chi connectivity index (χ1v) is 4.39. The number of nitrogens with one attached hydrogen (secondary N) is 1. The first-order chi connectivity index (χ1) is 6.97. The van der Waals surface area contributed by atoms with Crippen molar-refractivity contribution in [1.82, 2.24) is 5.32 Å². The van der Waals surface area contributed by atoms with Crippen LogP contribution in [0.5, 0.6) is 0 Å². The molecule has 1 aromatic rings. The number of aryl methyl sites for hydroxylation is 1. The van der Waals surface area contributed by atoms with Crippen molar-refractivity contribution in [3.8, 4) is 0 Å². The zero-order chi connectivity index (χ0) is 11.3. The van der Waals surface area contributed by atoms with Gasteiger partial charge in [0, 0.05) is 6.42 Å². The average molecular weight is 254 g/mol. The lowest BCUT2D eigenvalue weighted by Crippen LogP contribution is -2.37. The molecular formula is C10H11ClF3NO. The van der Waals surface area contributed by atoms with Crippen LogP contribution in [0.25, 0.3) is 0 Å². The Balaban J connectivity index is 0.00000225. The van der Waals surface area contributed by atoms with E-state index in [2.05, 4.69) is 0 Å². The smallest absolute Gasteiger partial charge is 0.275 e. The van der Waals surface area contributed by atoms with E-state index in [4.69, 9.17) is 0 Å². The highest BCUT2D eigenvalue weighted by atomic mass is 35.5. The molecule has 2 nitrogen and oxygen atoms in total. The number of rotatable bonds is 3. The molecule has 0 aromatic heterocycles. The van der Waals surface area contributed by atoms with Crippen LogP contribution in [-0.2, 0) is 11.2 Å². The van der Waals surface area contributed by atoms with E-state index in [9.17, 15) is 18.0 Å². The van der Waals surface area contributed by atoms with Crippen molar-refractivity contribution in [2.24, 2.45) is 0 Å². The summed E-state index contributed by atoms with van der Waals surface area (Å²) in [7, 11) is 0. The number of benzene rings is 1. The predicted octanol–water partition coefficient (Wildman–Crippen LogP) is 2.68. The summed E-state index contributed by atoms with van der Waals surface area (Å²) in [5, 5.41) is 0.950. The van der Waals surface area contributed by atoms with Crippen LogP contribution >= 0.6 is 12.4 Å². The third-order valence-corrected chi connectivity index (χ3v) is 1.76. The Bertz CT molecular complexity index is 327. The van der Waals surface area contributed by atoms with Gasteiger partial charge in [-0.1, -0.05) is 30.3 Å². The Labute approximate surface area is 97.3 Å². The van der Waals surface area contributed by atoms with Crippen LogP contribution in [0.4, 0.5) is 13.2 Å². The minimum absolute atomic E-state index is 0. The maximum Gasteiger partial charge on any atom is 0.484 e. The summed E-state index contributed by atoms with van der Waals surface area (Å²) in [6.45, 7) is 0. The van der Waals surface area contributed by atoms with Crippen molar-refractivity contribution in [3.05, 3.63) is 35.9 Å². The van der Waals surface area contributed by atoms with Crippen LogP contribution in [0, 0.1) is 0 Å². The van der Waals surface area contributed by atoms with E-state index in [1.165, 1.54) is 0 Å². The molecule has 1 amide bonds. The van der Waals surface area contributed by atoms with E-state index in [-0.39, 0.29) is 18.8 Å². The number of halogens is 4. The number of amides is 1. The number of hydrogen-bond acceptors (Lipinski definition) is 1. The van der Waals surface area contributed by atoms with Crippen molar-refractivity contribution in [1.29, 1.82) is 0 Å². The molecule has 1 aromatic carbocycles. The molecule has 0 aliphatic carbocycles. The standard InChI is InChI=1S/C10H10F3NO.ClH/c11-10(12,13)14-9(15)7-6-8-4-2-1-3-5-8;/h1-5H,6-7H2,(H,14,15);1H. The highest BCUT2D eigenvalue weighted by Crippen LogP contribution is 2.10. The Morgan fingerprint density at radius 2 is 1.75 bits per heavy atom. The number of hydrogen-bond donors (Lipinski definition) is 1. The first-order valence-electron chi connectivity index (χ1n) is 4.39. The minimum atomic E-state index is -4.63. The minimum Gasteiger partial charge on any atom is -0.275 e. The molecule has 0 atom stereocenters. The maximum absolute atomic E-state index is 11.7. The molecule has 1 N–H and O–H groups in total. The molecule has 6 heteroatoms. The third-order valence-electron chi connectivity index (χ3n) is 1.76. The SMILES string of the molecule is Cl.O=C(CCc1ccccc1)NC(F)(F)F. The van der Waals surface area contributed by atoms with Gasteiger partial charge in [-0.2, -0.15) is 13.2 Å². The van der Waals surface area contributed by atoms with Gasteiger partial charge in [0.1, 0.15) is 0 Å². The highest BCUT2D eigenvalue weighted by Gasteiger charge is 2.29. The topological polar surface area (TPSA) is 29.1 Å². The molecule has 0 saturated heterocycles. The molecule has 0 fully saturated rings. The molecule has 0 unspecified atom stereocenters. The van der Waals surface area contributed by atoms with Crippen LogP contribution in [0.3, 0.4) is 0 Å². The van der Waals surface area contributed by atoms with Crippen molar-refractivity contribution in [3.63, 3.8) is 0 Å². The van der Waals surface area contributed by atoms with Crippen LogP contribution < -0.4 is 5.32 Å². The Kier molecular flexibility index (Phi) is 5.88. The van der Waals surface area contributed by atoms with Crippen LogP contribution in [0.2, 0.25) is 0 Å². The van der Waals surface area contributed by atoms with Gasteiger partial charge in [-0.05, 0) is 12.0 Å². The molecule has 16 heavy (non-hydrogen) atoms. The second kappa shape index (κ2) is 6.37. The highest BCUT2D eigenvalue weighted by molar-refractivity contribution is 5.85. The summed E-state index contributed by atoms with van der Waals surface area (Å²) in [4.78, 5) is 10.8. The van der Waals surface area contributed by atoms with Gasteiger partial charge in [0.05, 0.1) is 0 Å². The lowest BCUT2D eigenvalue weighted by Gasteiger charge is -2.07. The summed E-state index contributed by atoms with van der Waals surface area (Å²) in [6, 6.07) is 8.88. The van der Waals surface area contributed by atoms with Crippen molar-refractivity contribution in [2.45, 2.75) is 19.1 Å². The summed E-state index contributed by atoms with van der Waals surface area (Å²) in [5.74, 6) is -1.01. The van der Waals surface area contributed by atoms with E-state index in [0.717, 1.165) is 10.9 Å². The fraction of sp³-hybridized carbons (Fsp3) is 0.300. The molecule has 0 aliphatic heterocycles. The summed E-state index contributed by atoms with van der Waals surface area (Å²) in [6.07, 6.45) is -4.49. The Morgan fingerprint density at radius 3 is 2.25 bits per heavy atom. The van der Waals surface area contributed by atoms with Gasteiger partial charge >= 0.3 is 6.30 Å². The molecule has 0 heterocycles. The summed E-state index contributed by atoms with van der Waals surface area (Å²) in [5.41, 5.74) is 0.842. The van der Waals surface area contributed by atoms with E-state index >= 15 is 0 Å². The van der Waals surface area contributed by atoms with Gasteiger partial charge in [0.25, 0.3) is 0 Å². The second-order valence-electron chi connectivity index (χ2n) is 3.03. The molecule has 0 spiro atoms.